The second-order valence-electron chi connectivity index (χ2n) is 6.26. The molecule has 0 saturated heterocycles. The predicted octanol–water partition coefficient (Wildman–Crippen LogP) is 6.04. The van der Waals surface area contributed by atoms with Gasteiger partial charge < -0.3 is 15.2 Å². The molecule has 0 fully saturated rings. The van der Waals surface area contributed by atoms with Crippen LogP contribution in [0.4, 0.5) is 5.69 Å². The number of nitriles is 1. The lowest BCUT2D eigenvalue weighted by molar-refractivity contribution is -0.112. The van der Waals surface area contributed by atoms with Crippen LogP contribution in [0.25, 0.3) is 6.08 Å². The lowest BCUT2D eigenvalue weighted by atomic mass is 10.1. The Balaban J connectivity index is 1.76. The van der Waals surface area contributed by atoms with Gasteiger partial charge in [-0.05, 0) is 85.5 Å². The molecule has 0 aromatic heterocycles. The van der Waals surface area contributed by atoms with Gasteiger partial charge in [-0.3, -0.25) is 4.79 Å². The molecule has 0 bridgehead atoms. The highest BCUT2D eigenvalue weighted by Gasteiger charge is 2.13. The first-order valence-corrected chi connectivity index (χ1v) is 10.4. The number of anilines is 1. The summed E-state index contributed by atoms with van der Waals surface area (Å²) in [4.78, 5) is 12.4. The molecule has 0 heterocycles. The fourth-order valence-corrected chi connectivity index (χ4v) is 4.04. The first-order chi connectivity index (χ1) is 14.5. The van der Waals surface area contributed by atoms with Crippen molar-refractivity contribution in [2.45, 2.75) is 6.61 Å². The normalized spacial score (nSPS) is 10.9. The van der Waals surface area contributed by atoms with Gasteiger partial charge in [0, 0.05) is 5.69 Å². The number of hydrogen-bond acceptors (Lipinski definition) is 4. The van der Waals surface area contributed by atoms with Crippen LogP contribution in [0.5, 0.6) is 11.5 Å². The van der Waals surface area contributed by atoms with E-state index in [4.69, 9.17) is 4.74 Å². The molecule has 3 rings (SSSR count). The van der Waals surface area contributed by atoms with Gasteiger partial charge in [0.15, 0.2) is 0 Å². The van der Waals surface area contributed by atoms with Gasteiger partial charge in [-0.2, -0.15) is 5.26 Å². The number of carbonyl (C=O) groups excluding carboxylic acids is 1. The number of phenolic OH excluding ortho intramolecular Hbond substituents is 1. The number of amides is 1. The predicted molar refractivity (Wildman–Crippen MR) is 123 cm³/mol. The second-order valence-corrected chi connectivity index (χ2v) is 7.97. The van der Waals surface area contributed by atoms with Crippen molar-refractivity contribution in [1.82, 2.24) is 0 Å². The van der Waals surface area contributed by atoms with Crippen molar-refractivity contribution >= 4 is 49.5 Å². The highest BCUT2D eigenvalue weighted by molar-refractivity contribution is 9.11. The fraction of sp³-hybridized carbons (Fsp3) is 0.0435. The van der Waals surface area contributed by atoms with Gasteiger partial charge in [0.25, 0.3) is 5.91 Å². The lowest BCUT2D eigenvalue weighted by Crippen LogP contribution is -2.13. The third kappa shape index (κ3) is 5.72. The topological polar surface area (TPSA) is 82.3 Å². The quantitative estimate of drug-likeness (QED) is 0.232. The largest absolute Gasteiger partial charge is 0.508 e. The van der Waals surface area contributed by atoms with Crippen LogP contribution in [0.1, 0.15) is 11.1 Å². The second kappa shape index (κ2) is 10.1. The van der Waals surface area contributed by atoms with E-state index in [1.807, 2.05) is 36.4 Å². The van der Waals surface area contributed by atoms with Crippen molar-refractivity contribution in [2.24, 2.45) is 0 Å². The molecule has 0 aliphatic heterocycles. The van der Waals surface area contributed by atoms with Crippen molar-refractivity contribution in [3.05, 3.63) is 92.4 Å². The number of benzene rings is 3. The fourth-order valence-electron chi connectivity index (χ4n) is 2.59. The molecule has 2 N–H and O–H groups in total. The van der Waals surface area contributed by atoms with E-state index in [9.17, 15) is 15.2 Å². The van der Waals surface area contributed by atoms with Gasteiger partial charge in [0.1, 0.15) is 29.7 Å². The molecule has 30 heavy (non-hydrogen) atoms. The molecule has 0 unspecified atom stereocenters. The van der Waals surface area contributed by atoms with Crippen molar-refractivity contribution in [2.75, 3.05) is 5.32 Å². The molecule has 3 aromatic carbocycles. The molecule has 0 saturated carbocycles. The Hall–Kier alpha value is -3.08. The molecule has 0 aliphatic carbocycles. The molecule has 1 amide bonds. The molecular weight excluding hydrogens is 512 g/mol. The Morgan fingerprint density at radius 3 is 2.30 bits per heavy atom. The van der Waals surface area contributed by atoms with Crippen LogP contribution in [-0.2, 0) is 11.4 Å². The van der Waals surface area contributed by atoms with E-state index < -0.39 is 5.91 Å². The molecule has 3 aromatic rings. The average molecular weight is 528 g/mol. The zero-order chi connectivity index (χ0) is 21.5. The standard InChI is InChI=1S/C23H16Br2N2O3/c24-20-11-16(12-21(25)22(20)30-14-15-4-2-1-3-5-15)10-17(13-26)23(29)27-18-6-8-19(28)9-7-18/h1-12,28H,14H2,(H,27,29)/b17-10+. The Morgan fingerprint density at radius 2 is 1.70 bits per heavy atom. The molecule has 0 radical (unpaired) electrons. The Labute approximate surface area is 190 Å². The van der Waals surface area contributed by atoms with Crippen LogP contribution in [-0.4, -0.2) is 11.0 Å². The summed E-state index contributed by atoms with van der Waals surface area (Å²) < 4.78 is 7.28. The van der Waals surface area contributed by atoms with Crippen molar-refractivity contribution in [3.8, 4) is 17.6 Å². The first-order valence-electron chi connectivity index (χ1n) is 8.84. The third-order valence-electron chi connectivity index (χ3n) is 4.05. The maximum absolute atomic E-state index is 12.4. The summed E-state index contributed by atoms with van der Waals surface area (Å²) in [6, 6.07) is 21.3. The number of halogens is 2. The molecule has 7 heteroatoms. The van der Waals surface area contributed by atoms with Crippen molar-refractivity contribution in [3.63, 3.8) is 0 Å². The van der Waals surface area contributed by atoms with E-state index in [1.54, 1.807) is 24.3 Å². The van der Waals surface area contributed by atoms with Gasteiger partial charge in [0.05, 0.1) is 8.95 Å². The summed E-state index contributed by atoms with van der Waals surface area (Å²) in [7, 11) is 0. The van der Waals surface area contributed by atoms with E-state index in [0.717, 1.165) is 5.56 Å². The maximum atomic E-state index is 12.4. The van der Waals surface area contributed by atoms with E-state index in [1.165, 1.54) is 18.2 Å². The number of ether oxygens (including phenoxy) is 1. The van der Waals surface area contributed by atoms with E-state index >= 15 is 0 Å². The number of phenols is 1. The molecule has 5 nitrogen and oxygen atoms in total. The minimum Gasteiger partial charge on any atom is -0.508 e. The monoisotopic (exact) mass is 526 g/mol. The zero-order valence-electron chi connectivity index (χ0n) is 15.6. The van der Waals surface area contributed by atoms with Crippen LogP contribution in [0.3, 0.4) is 0 Å². The summed E-state index contributed by atoms with van der Waals surface area (Å²) in [5.74, 6) is 0.177. The zero-order valence-corrected chi connectivity index (χ0v) is 18.8. The van der Waals surface area contributed by atoms with Crippen LogP contribution in [0.2, 0.25) is 0 Å². The number of nitrogens with zero attached hydrogens (tertiary/aromatic N) is 1. The number of nitrogens with one attached hydrogen (secondary N) is 1. The number of aromatic hydroxyl groups is 1. The molecule has 0 atom stereocenters. The summed E-state index contributed by atoms with van der Waals surface area (Å²) >= 11 is 6.98. The average Bonchev–Trinajstić information content (AvgIpc) is 2.73. The Bertz CT molecular complexity index is 1100. The number of rotatable bonds is 6. The van der Waals surface area contributed by atoms with Crippen molar-refractivity contribution < 1.29 is 14.6 Å². The summed E-state index contributed by atoms with van der Waals surface area (Å²) in [6.45, 7) is 0.408. The van der Waals surface area contributed by atoms with Gasteiger partial charge >= 0.3 is 0 Å². The minimum atomic E-state index is -0.542. The van der Waals surface area contributed by atoms with Gasteiger partial charge in [-0.1, -0.05) is 30.3 Å². The van der Waals surface area contributed by atoms with E-state index in [-0.39, 0.29) is 11.3 Å². The van der Waals surface area contributed by atoms with Crippen LogP contribution >= 0.6 is 31.9 Å². The molecule has 0 aliphatic rings. The van der Waals surface area contributed by atoms with Gasteiger partial charge in [-0.25, -0.2) is 0 Å². The SMILES string of the molecule is N#C/C(=C\c1cc(Br)c(OCc2ccccc2)c(Br)c1)C(=O)Nc1ccc(O)cc1. The minimum absolute atomic E-state index is 0.0557. The number of hydrogen-bond donors (Lipinski definition) is 2. The van der Waals surface area contributed by atoms with Gasteiger partial charge in [-0.15, -0.1) is 0 Å². The summed E-state index contributed by atoms with van der Waals surface area (Å²) in [5.41, 5.74) is 2.11. The van der Waals surface area contributed by atoms with Crippen LogP contribution in [0, 0.1) is 11.3 Å². The summed E-state index contributed by atoms with van der Waals surface area (Å²) in [5, 5.41) is 21.4. The molecular formula is C23H16Br2N2O3. The Morgan fingerprint density at radius 1 is 1.07 bits per heavy atom. The summed E-state index contributed by atoms with van der Waals surface area (Å²) in [6.07, 6.45) is 1.49. The van der Waals surface area contributed by atoms with Crippen molar-refractivity contribution in [1.29, 1.82) is 5.26 Å². The van der Waals surface area contributed by atoms with Crippen LogP contribution in [0.15, 0.2) is 81.2 Å². The van der Waals surface area contributed by atoms with E-state index in [0.29, 0.717) is 32.6 Å². The number of carbonyl (C=O) groups is 1. The highest BCUT2D eigenvalue weighted by atomic mass is 79.9. The highest BCUT2D eigenvalue weighted by Crippen LogP contribution is 2.36. The third-order valence-corrected chi connectivity index (χ3v) is 5.23. The smallest absolute Gasteiger partial charge is 0.266 e. The first kappa shape index (κ1) is 21.6. The van der Waals surface area contributed by atoms with E-state index in [2.05, 4.69) is 37.2 Å². The van der Waals surface area contributed by atoms with Gasteiger partial charge in [0.2, 0.25) is 0 Å². The lowest BCUT2D eigenvalue weighted by Gasteiger charge is -2.12. The van der Waals surface area contributed by atoms with Crippen LogP contribution < -0.4 is 10.1 Å². The molecule has 150 valence electrons. The maximum Gasteiger partial charge on any atom is 0.266 e. The molecule has 0 spiro atoms. The Kier molecular flexibility index (Phi) is 7.28.